The van der Waals surface area contributed by atoms with E-state index in [1.807, 2.05) is 31.2 Å². The number of hydrogen-bond acceptors (Lipinski definition) is 5. The van der Waals surface area contributed by atoms with E-state index >= 15 is 0 Å². The summed E-state index contributed by atoms with van der Waals surface area (Å²) in [6, 6.07) is 14.9. The monoisotopic (exact) mass is 426 g/mol. The number of H-pyrrole nitrogens is 1. The Hall–Kier alpha value is -3.14. The zero-order chi connectivity index (χ0) is 20.5. The quantitative estimate of drug-likeness (QED) is 0.611. The fourth-order valence-electron chi connectivity index (χ4n) is 3.45. The Bertz CT molecular complexity index is 1140. The van der Waals surface area contributed by atoms with Crippen LogP contribution in [0.15, 0.2) is 53.9 Å². The van der Waals surface area contributed by atoms with Crippen LogP contribution >= 0.6 is 23.2 Å². The number of aromatic amines is 1. The second-order valence-corrected chi connectivity index (χ2v) is 7.15. The molecule has 3 N–H and O–H groups in total. The average molecular weight is 427 g/mol. The van der Waals surface area contributed by atoms with Gasteiger partial charge in [0.25, 0.3) is 0 Å². The van der Waals surface area contributed by atoms with Crippen molar-refractivity contribution in [3.8, 4) is 29.0 Å². The largest absolute Gasteiger partial charge is 0.494 e. The molecule has 0 saturated carbocycles. The number of halogens is 2. The number of ether oxygens (including phenoxy) is 2. The zero-order valence-electron chi connectivity index (χ0n) is 15.4. The molecule has 1 unspecified atom stereocenters. The molecule has 1 aromatic heterocycles. The lowest BCUT2D eigenvalue weighted by Crippen LogP contribution is -2.21. The second-order valence-electron chi connectivity index (χ2n) is 6.34. The van der Waals surface area contributed by atoms with Crippen LogP contribution in [0.3, 0.4) is 0 Å². The Balaban J connectivity index is 1.96. The van der Waals surface area contributed by atoms with Gasteiger partial charge in [-0.25, -0.2) is 0 Å². The van der Waals surface area contributed by atoms with Gasteiger partial charge in [-0.15, -0.1) is 5.10 Å². The molecular formula is C21H16Cl2N4O2. The summed E-state index contributed by atoms with van der Waals surface area (Å²) in [6.45, 7) is 2.46. The number of fused-ring (bicyclic) bond motifs is 1. The third kappa shape index (κ3) is 3.29. The van der Waals surface area contributed by atoms with Gasteiger partial charge in [-0.3, -0.25) is 5.10 Å². The SMILES string of the molecule is CCOc1cccc(-c2[nH]nc3c2C(c2c(Cl)cccc2Cl)C(C#N)=C(N)O3)c1. The van der Waals surface area contributed by atoms with Gasteiger partial charge in [0.1, 0.15) is 17.4 Å². The highest BCUT2D eigenvalue weighted by Crippen LogP contribution is 2.49. The standard InChI is InChI=1S/C21H16Cl2N4O2/c1-2-28-12-6-3-5-11(9-12)19-18-16(17-14(22)7-4-8-15(17)23)13(10-24)20(25)29-21(18)27-26-19/h3-9,16H,2,25H2,1H3,(H,26,27). The summed E-state index contributed by atoms with van der Waals surface area (Å²) in [5.41, 5.74) is 8.94. The van der Waals surface area contributed by atoms with Gasteiger partial charge in [0.15, 0.2) is 0 Å². The maximum absolute atomic E-state index is 9.81. The topological polar surface area (TPSA) is 97.0 Å². The number of allylic oxidation sites excluding steroid dienone is 1. The highest BCUT2D eigenvalue weighted by molar-refractivity contribution is 6.36. The molecule has 0 radical (unpaired) electrons. The van der Waals surface area contributed by atoms with Gasteiger partial charge < -0.3 is 15.2 Å². The molecular weight excluding hydrogens is 411 g/mol. The molecule has 0 fully saturated rings. The molecule has 0 bridgehead atoms. The van der Waals surface area contributed by atoms with Crippen molar-refractivity contribution in [2.24, 2.45) is 5.73 Å². The van der Waals surface area contributed by atoms with Crippen molar-refractivity contribution in [3.63, 3.8) is 0 Å². The van der Waals surface area contributed by atoms with Crippen LogP contribution < -0.4 is 15.2 Å². The first-order valence-corrected chi connectivity index (χ1v) is 9.63. The Morgan fingerprint density at radius 3 is 2.62 bits per heavy atom. The van der Waals surface area contributed by atoms with Gasteiger partial charge in [-0.05, 0) is 31.2 Å². The van der Waals surface area contributed by atoms with E-state index in [-0.39, 0.29) is 17.3 Å². The number of benzene rings is 2. The molecule has 146 valence electrons. The predicted molar refractivity (Wildman–Crippen MR) is 111 cm³/mol. The fraction of sp³-hybridized carbons (Fsp3) is 0.143. The first kappa shape index (κ1) is 19.2. The Labute approximate surface area is 177 Å². The number of hydrogen-bond donors (Lipinski definition) is 2. The molecule has 0 spiro atoms. The van der Waals surface area contributed by atoms with E-state index in [0.717, 1.165) is 5.56 Å². The van der Waals surface area contributed by atoms with Crippen LogP contribution in [-0.2, 0) is 0 Å². The first-order valence-electron chi connectivity index (χ1n) is 8.88. The molecule has 1 atom stereocenters. The smallest absolute Gasteiger partial charge is 0.244 e. The predicted octanol–water partition coefficient (Wildman–Crippen LogP) is 5.00. The maximum atomic E-state index is 9.81. The third-order valence-corrected chi connectivity index (χ3v) is 5.32. The normalized spacial score (nSPS) is 15.4. The summed E-state index contributed by atoms with van der Waals surface area (Å²) in [7, 11) is 0. The molecule has 8 heteroatoms. The highest BCUT2D eigenvalue weighted by Gasteiger charge is 2.37. The Kier molecular flexibility index (Phi) is 5.10. The molecule has 29 heavy (non-hydrogen) atoms. The van der Waals surface area contributed by atoms with Crippen molar-refractivity contribution in [3.05, 3.63) is 75.1 Å². The molecule has 2 aromatic carbocycles. The van der Waals surface area contributed by atoms with E-state index in [4.69, 9.17) is 38.4 Å². The number of aromatic nitrogens is 2. The van der Waals surface area contributed by atoms with E-state index in [2.05, 4.69) is 16.3 Å². The zero-order valence-corrected chi connectivity index (χ0v) is 16.9. The minimum absolute atomic E-state index is 0.0258. The van der Waals surface area contributed by atoms with Crippen molar-refractivity contribution in [2.45, 2.75) is 12.8 Å². The highest BCUT2D eigenvalue weighted by atomic mass is 35.5. The lowest BCUT2D eigenvalue weighted by molar-refractivity contribution is 0.340. The van der Waals surface area contributed by atoms with Crippen molar-refractivity contribution in [1.82, 2.24) is 10.2 Å². The third-order valence-electron chi connectivity index (χ3n) is 4.66. The summed E-state index contributed by atoms with van der Waals surface area (Å²) < 4.78 is 11.2. The fourth-order valence-corrected chi connectivity index (χ4v) is 4.06. The molecule has 0 aliphatic carbocycles. The molecule has 0 amide bonds. The van der Waals surface area contributed by atoms with Crippen LogP contribution in [0.25, 0.3) is 11.3 Å². The van der Waals surface area contributed by atoms with Gasteiger partial charge in [0.05, 0.1) is 23.8 Å². The van der Waals surface area contributed by atoms with Crippen molar-refractivity contribution in [2.75, 3.05) is 6.61 Å². The van der Waals surface area contributed by atoms with Crippen LogP contribution in [0.5, 0.6) is 11.6 Å². The van der Waals surface area contributed by atoms with Crippen molar-refractivity contribution in [1.29, 1.82) is 5.26 Å². The van der Waals surface area contributed by atoms with Crippen LogP contribution in [0.4, 0.5) is 0 Å². The average Bonchev–Trinajstić information content (AvgIpc) is 3.11. The Morgan fingerprint density at radius 1 is 1.21 bits per heavy atom. The number of nitrogens with one attached hydrogen (secondary N) is 1. The van der Waals surface area contributed by atoms with Crippen molar-refractivity contribution < 1.29 is 9.47 Å². The molecule has 4 rings (SSSR count). The number of nitrogens with zero attached hydrogens (tertiary/aromatic N) is 2. The molecule has 3 aromatic rings. The minimum atomic E-state index is -0.630. The van der Waals surface area contributed by atoms with E-state index in [1.165, 1.54) is 0 Å². The summed E-state index contributed by atoms with van der Waals surface area (Å²) in [4.78, 5) is 0. The molecule has 1 aliphatic heterocycles. The van der Waals surface area contributed by atoms with Crippen LogP contribution in [0.1, 0.15) is 24.0 Å². The minimum Gasteiger partial charge on any atom is -0.494 e. The summed E-state index contributed by atoms with van der Waals surface area (Å²) >= 11 is 13.0. The van der Waals surface area contributed by atoms with Gasteiger partial charge in [-0.1, -0.05) is 41.4 Å². The van der Waals surface area contributed by atoms with E-state index in [1.54, 1.807) is 18.2 Å². The number of rotatable bonds is 4. The number of nitriles is 1. The van der Waals surface area contributed by atoms with E-state index < -0.39 is 5.92 Å². The lowest BCUT2D eigenvalue weighted by Gasteiger charge is -2.25. The van der Waals surface area contributed by atoms with E-state index in [9.17, 15) is 5.26 Å². The van der Waals surface area contributed by atoms with Gasteiger partial charge >= 0.3 is 0 Å². The van der Waals surface area contributed by atoms with Gasteiger partial charge in [-0.2, -0.15) is 5.26 Å². The molecule has 0 saturated heterocycles. The summed E-state index contributed by atoms with van der Waals surface area (Å²) in [6.07, 6.45) is 0. The first-order chi connectivity index (χ1) is 14.0. The maximum Gasteiger partial charge on any atom is 0.244 e. The van der Waals surface area contributed by atoms with Crippen LogP contribution in [-0.4, -0.2) is 16.8 Å². The number of nitrogens with two attached hydrogens (primary N) is 1. The van der Waals surface area contributed by atoms with Crippen LogP contribution in [0.2, 0.25) is 10.0 Å². The van der Waals surface area contributed by atoms with Gasteiger partial charge in [0, 0.05) is 21.2 Å². The Morgan fingerprint density at radius 2 is 1.93 bits per heavy atom. The second kappa shape index (κ2) is 7.70. The molecule has 2 heterocycles. The molecule has 1 aliphatic rings. The lowest BCUT2D eigenvalue weighted by atomic mass is 9.83. The van der Waals surface area contributed by atoms with Crippen molar-refractivity contribution >= 4 is 23.2 Å². The summed E-state index contributed by atoms with van der Waals surface area (Å²) in [5.74, 6) is 0.337. The van der Waals surface area contributed by atoms with Gasteiger partial charge in [0.2, 0.25) is 11.8 Å². The van der Waals surface area contributed by atoms with E-state index in [0.29, 0.717) is 39.2 Å². The molecule has 6 nitrogen and oxygen atoms in total. The van der Waals surface area contributed by atoms with Crippen LogP contribution in [0, 0.1) is 11.3 Å². The summed E-state index contributed by atoms with van der Waals surface area (Å²) in [5, 5.41) is 17.9.